The Morgan fingerprint density at radius 2 is 1.00 bits per heavy atom. The average molecular weight is 148 g/mol. The van der Waals surface area contributed by atoms with Crippen molar-refractivity contribution in [2.45, 2.75) is 0 Å². The molecule has 0 aromatic carbocycles. The van der Waals surface area contributed by atoms with Gasteiger partial charge in [-0.2, -0.15) is 0 Å². The van der Waals surface area contributed by atoms with Crippen molar-refractivity contribution in [3.05, 3.63) is 0 Å². The summed E-state index contributed by atoms with van der Waals surface area (Å²) in [6.07, 6.45) is 0. The molecule has 0 amide bonds. The van der Waals surface area contributed by atoms with Crippen LogP contribution < -0.4 is 0 Å². The van der Waals surface area contributed by atoms with Gasteiger partial charge in [-0.25, -0.2) is 0 Å². The van der Waals surface area contributed by atoms with Gasteiger partial charge in [-0.3, -0.25) is 0 Å². The summed E-state index contributed by atoms with van der Waals surface area (Å²) >= 11 is 0. The molecule has 0 aliphatic heterocycles. The van der Waals surface area contributed by atoms with Crippen LogP contribution in [-0.2, 0) is 39.0 Å². The summed E-state index contributed by atoms with van der Waals surface area (Å²) in [5.41, 5.74) is 0. The topological polar surface area (TPSA) is 58.5 Å². The fourth-order valence-electron chi connectivity index (χ4n) is 0. The zero-order chi connectivity index (χ0) is 0. The van der Waals surface area contributed by atoms with E-state index in [0.29, 0.717) is 0 Å². The molecule has 1 N–H and O–H groups in total. The van der Waals surface area contributed by atoms with Crippen molar-refractivity contribution < 1.29 is 44.5 Å². The Morgan fingerprint density at radius 3 is 1.00 bits per heavy atom. The molecule has 4 heavy (non-hydrogen) atoms. The maximum atomic E-state index is 0. The molecule has 0 rings (SSSR count). The first kappa shape index (κ1) is 87.7. The van der Waals surface area contributed by atoms with Crippen molar-refractivity contribution in [3.8, 4) is 0 Å². The minimum atomic E-state index is 0. The summed E-state index contributed by atoms with van der Waals surface area (Å²) in [6.45, 7) is 0. The van der Waals surface area contributed by atoms with Crippen LogP contribution in [0.2, 0.25) is 0 Å². The molecule has 2 nitrogen and oxygen atoms in total. The van der Waals surface area contributed by atoms with E-state index >= 15 is 0 Å². The van der Waals surface area contributed by atoms with Crippen molar-refractivity contribution in [2.75, 3.05) is 0 Å². The van der Waals surface area contributed by atoms with E-state index in [1.54, 1.807) is 0 Å². The first-order valence-electron chi connectivity index (χ1n) is 0. The molecule has 0 aliphatic carbocycles. The fourth-order valence-corrected chi connectivity index (χ4v) is 0. The van der Waals surface area contributed by atoms with Crippen LogP contribution in [-0.4, -0.2) is 5.48 Å². The van der Waals surface area contributed by atoms with Gasteiger partial charge >= 0.3 is 33.6 Å². The first-order chi connectivity index (χ1) is 0. The molecule has 0 bridgehead atoms. The Balaban J connectivity index is 0. The molecule has 0 spiro atoms. The van der Waals surface area contributed by atoms with Crippen LogP contribution in [0, 0.1) is 0 Å². The van der Waals surface area contributed by atoms with E-state index in [4.69, 9.17) is 0 Å². The van der Waals surface area contributed by atoms with Crippen molar-refractivity contribution in [1.29, 1.82) is 0 Å². The Labute approximate surface area is 45.0 Å². The summed E-state index contributed by atoms with van der Waals surface area (Å²) in [4.78, 5) is 0. The fraction of sp³-hybridized carbons (Fsp3) is 0. The van der Waals surface area contributed by atoms with Crippen LogP contribution in [0.3, 0.4) is 0 Å². The quantitative estimate of drug-likeness (QED) is 0.434. The molecule has 0 aliphatic rings. The summed E-state index contributed by atoms with van der Waals surface area (Å²) in [5, 5.41) is 0. The van der Waals surface area contributed by atoms with Crippen LogP contribution in [0.4, 0.5) is 0 Å². The largest absolute Gasteiger partial charge is 2.00 e. The zero-order valence-corrected chi connectivity index (χ0v) is 3.62. The zero-order valence-electron chi connectivity index (χ0n) is 1.53. The molecular formula is HFeNiO2+. The van der Waals surface area contributed by atoms with Gasteiger partial charge in [-0.05, 0) is 0 Å². The van der Waals surface area contributed by atoms with Crippen LogP contribution in [0.15, 0.2) is 0 Å². The first-order valence-corrected chi connectivity index (χ1v) is 0. The van der Waals surface area contributed by atoms with Gasteiger partial charge in [0.1, 0.15) is 0 Å². The normalized spacial score (nSPS) is 0. The Morgan fingerprint density at radius 1 is 1.00 bits per heavy atom. The van der Waals surface area contributed by atoms with Crippen LogP contribution in [0.5, 0.6) is 0 Å². The predicted molar refractivity (Wildman–Crippen MR) is 2.62 cm³/mol. The third-order valence-electron chi connectivity index (χ3n) is 0. The molecule has 0 fully saturated rings. The van der Waals surface area contributed by atoms with Gasteiger partial charge in [0.2, 0.25) is 0 Å². The standard InChI is InChI=1S/Fe.Ni.H2O.O/h;;1H2;/q2*+2;;-2/p-1. The second-order valence-corrected chi connectivity index (χ2v) is 0. The van der Waals surface area contributed by atoms with Gasteiger partial charge in [-0.15, -0.1) is 0 Å². The minimum absolute atomic E-state index is 0. The molecule has 30 valence electrons. The molecular weight excluding hydrogens is 147 g/mol. The van der Waals surface area contributed by atoms with E-state index in [-0.39, 0.29) is 44.5 Å². The monoisotopic (exact) mass is 147 g/mol. The smallest absolute Gasteiger partial charge is 2.00 e. The maximum Gasteiger partial charge on any atom is 2.00 e. The molecule has 0 unspecified atom stereocenters. The van der Waals surface area contributed by atoms with Gasteiger partial charge in [0, 0.05) is 0 Å². The summed E-state index contributed by atoms with van der Waals surface area (Å²) < 4.78 is 0. The third-order valence-corrected chi connectivity index (χ3v) is 0. The van der Waals surface area contributed by atoms with Crippen LogP contribution >= 0.6 is 0 Å². The van der Waals surface area contributed by atoms with E-state index in [1.165, 1.54) is 0 Å². The predicted octanol–water partition coefficient (Wildman–Crippen LogP) is -0.301. The van der Waals surface area contributed by atoms with Crippen molar-refractivity contribution in [2.24, 2.45) is 0 Å². The van der Waals surface area contributed by atoms with Gasteiger partial charge in [0.15, 0.2) is 0 Å². The molecule has 0 saturated carbocycles. The van der Waals surface area contributed by atoms with E-state index < -0.39 is 0 Å². The van der Waals surface area contributed by atoms with E-state index in [9.17, 15) is 0 Å². The second kappa shape index (κ2) is 38.9. The molecule has 0 aromatic rings. The Hall–Kier alpha value is 0.933. The second-order valence-electron chi connectivity index (χ2n) is 0. The summed E-state index contributed by atoms with van der Waals surface area (Å²) in [5.74, 6) is 0. The maximum absolute atomic E-state index is 0. The van der Waals surface area contributed by atoms with Gasteiger partial charge in [0.25, 0.3) is 0 Å². The number of hydrogen-bond acceptors (Lipinski definition) is 1. The van der Waals surface area contributed by atoms with E-state index in [2.05, 4.69) is 0 Å². The number of hydrogen-bond donors (Lipinski definition) is 0. The SMILES string of the molecule is [Fe+2].[Ni+2].[O-2].[OH-]. The van der Waals surface area contributed by atoms with Crippen LogP contribution in [0.1, 0.15) is 0 Å². The molecule has 4 heteroatoms. The molecule has 0 atom stereocenters. The van der Waals surface area contributed by atoms with E-state index in [0.717, 1.165) is 0 Å². The van der Waals surface area contributed by atoms with Gasteiger partial charge in [0.05, 0.1) is 0 Å². The van der Waals surface area contributed by atoms with Crippen molar-refractivity contribution >= 4 is 0 Å². The molecule has 0 radical (unpaired) electrons. The molecule has 0 heterocycles. The van der Waals surface area contributed by atoms with Crippen molar-refractivity contribution in [3.63, 3.8) is 0 Å². The van der Waals surface area contributed by atoms with Crippen molar-refractivity contribution in [1.82, 2.24) is 0 Å². The number of rotatable bonds is 0. The molecule has 0 aromatic heterocycles. The third kappa shape index (κ3) is 12.6. The average Bonchev–Trinajstić information content (AvgIpc) is 0. The minimum Gasteiger partial charge on any atom is -2.00 e. The Kier molecular flexibility index (Phi) is 852. The van der Waals surface area contributed by atoms with Crippen LogP contribution in [0.25, 0.3) is 0 Å². The van der Waals surface area contributed by atoms with Gasteiger partial charge in [-0.1, -0.05) is 0 Å². The van der Waals surface area contributed by atoms with Gasteiger partial charge < -0.3 is 11.0 Å². The summed E-state index contributed by atoms with van der Waals surface area (Å²) in [6, 6.07) is 0. The van der Waals surface area contributed by atoms with E-state index in [1.807, 2.05) is 0 Å². The molecule has 0 saturated heterocycles. The summed E-state index contributed by atoms with van der Waals surface area (Å²) in [7, 11) is 0. The Bertz CT molecular complexity index is 6.00.